The van der Waals surface area contributed by atoms with Crippen LogP contribution >= 0.6 is 0 Å². The van der Waals surface area contributed by atoms with Crippen molar-refractivity contribution in [1.29, 1.82) is 0 Å². The van der Waals surface area contributed by atoms with Crippen molar-refractivity contribution in [1.82, 2.24) is 15.0 Å². The third-order valence-electron chi connectivity index (χ3n) is 3.89. The molecule has 1 heterocycles. The maximum absolute atomic E-state index is 10.0. The van der Waals surface area contributed by atoms with Gasteiger partial charge in [-0.2, -0.15) is 0 Å². The van der Waals surface area contributed by atoms with Gasteiger partial charge in [0.1, 0.15) is 5.69 Å². The van der Waals surface area contributed by atoms with Gasteiger partial charge in [-0.3, -0.25) is 0 Å². The summed E-state index contributed by atoms with van der Waals surface area (Å²) in [6, 6.07) is 8.34. The van der Waals surface area contributed by atoms with Gasteiger partial charge >= 0.3 is 0 Å². The SMILES string of the molecule is Cc1ccc(-c2cn([C@@H]3CCCC[C@@H]3O)nn2)cc1. The molecule has 0 spiro atoms. The van der Waals surface area contributed by atoms with Gasteiger partial charge in [-0.05, 0) is 19.8 Å². The molecule has 1 aliphatic rings. The second-order valence-corrected chi connectivity index (χ2v) is 5.37. The van der Waals surface area contributed by atoms with Gasteiger partial charge in [0.25, 0.3) is 0 Å². The summed E-state index contributed by atoms with van der Waals surface area (Å²) in [7, 11) is 0. The molecule has 0 saturated heterocycles. The van der Waals surface area contributed by atoms with Crippen molar-refractivity contribution in [2.24, 2.45) is 0 Å². The van der Waals surface area contributed by atoms with Crippen LogP contribution in [0.3, 0.4) is 0 Å². The number of hydrogen-bond acceptors (Lipinski definition) is 3. The van der Waals surface area contributed by atoms with E-state index in [1.165, 1.54) is 5.56 Å². The molecule has 19 heavy (non-hydrogen) atoms. The molecule has 1 aromatic heterocycles. The summed E-state index contributed by atoms with van der Waals surface area (Å²) in [5.74, 6) is 0. The summed E-state index contributed by atoms with van der Waals surface area (Å²) < 4.78 is 1.83. The van der Waals surface area contributed by atoms with Crippen LogP contribution in [0.2, 0.25) is 0 Å². The van der Waals surface area contributed by atoms with Gasteiger partial charge in [-0.15, -0.1) is 5.10 Å². The van der Waals surface area contributed by atoms with E-state index in [-0.39, 0.29) is 12.1 Å². The Balaban J connectivity index is 1.84. The van der Waals surface area contributed by atoms with Crippen molar-refractivity contribution in [3.8, 4) is 11.3 Å². The molecule has 1 saturated carbocycles. The van der Waals surface area contributed by atoms with Crippen LogP contribution < -0.4 is 0 Å². The van der Waals surface area contributed by atoms with E-state index in [1.54, 1.807) is 0 Å². The molecular weight excluding hydrogens is 238 g/mol. The normalized spacial score (nSPS) is 23.5. The predicted octanol–water partition coefficient (Wildman–Crippen LogP) is 2.73. The predicted molar refractivity (Wildman–Crippen MR) is 73.7 cm³/mol. The summed E-state index contributed by atoms with van der Waals surface area (Å²) in [6.45, 7) is 2.07. The van der Waals surface area contributed by atoms with Crippen LogP contribution in [0.4, 0.5) is 0 Å². The van der Waals surface area contributed by atoms with Gasteiger partial charge in [0.15, 0.2) is 0 Å². The molecule has 4 heteroatoms. The first kappa shape index (κ1) is 12.4. The molecule has 2 aromatic rings. The first-order chi connectivity index (χ1) is 9.24. The molecular formula is C15H19N3O. The van der Waals surface area contributed by atoms with Gasteiger partial charge in [-0.25, -0.2) is 4.68 Å². The average Bonchev–Trinajstić information content (AvgIpc) is 2.89. The Kier molecular flexibility index (Phi) is 3.34. The van der Waals surface area contributed by atoms with Gasteiger partial charge < -0.3 is 5.11 Å². The zero-order valence-electron chi connectivity index (χ0n) is 11.2. The first-order valence-electron chi connectivity index (χ1n) is 6.91. The summed E-state index contributed by atoms with van der Waals surface area (Å²) >= 11 is 0. The van der Waals surface area contributed by atoms with Crippen LogP contribution in [0.5, 0.6) is 0 Å². The lowest BCUT2D eigenvalue weighted by Crippen LogP contribution is -2.27. The van der Waals surface area contributed by atoms with Crippen LogP contribution in [0.25, 0.3) is 11.3 Å². The number of hydrogen-bond donors (Lipinski definition) is 1. The molecule has 1 fully saturated rings. The second-order valence-electron chi connectivity index (χ2n) is 5.37. The number of aliphatic hydroxyl groups excluding tert-OH is 1. The fourth-order valence-electron chi connectivity index (χ4n) is 2.70. The van der Waals surface area contributed by atoms with Crippen LogP contribution in [-0.2, 0) is 0 Å². The van der Waals surface area contributed by atoms with Gasteiger partial charge in [0, 0.05) is 5.56 Å². The molecule has 2 atom stereocenters. The molecule has 1 aliphatic carbocycles. The molecule has 0 unspecified atom stereocenters. The molecule has 0 bridgehead atoms. The monoisotopic (exact) mass is 257 g/mol. The van der Waals surface area contributed by atoms with E-state index in [2.05, 4.69) is 41.5 Å². The Hall–Kier alpha value is -1.68. The third kappa shape index (κ3) is 2.54. The lowest BCUT2D eigenvalue weighted by molar-refractivity contribution is 0.0685. The van der Waals surface area contributed by atoms with E-state index in [0.717, 1.165) is 36.9 Å². The standard InChI is InChI=1S/C15H19N3O/c1-11-6-8-12(9-7-11)13-10-18(17-16-13)14-4-2-3-5-15(14)19/h6-10,14-15,19H,2-5H2,1H3/t14-,15+/m1/s1. The van der Waals surface area contributed by atoms with Crippen molar-refractivity contribution in [3.05, 3.63) is 36.0 Å². The van der Waals surface area contributed by atoms with E-state index in [1.807, 2.05) is 10.9 Å². The van der Waals surface area contributed by atoms with Gasteiger partial charge in [-0.1, -0.05) is 47.9 Å². The van der Waals surface area contributed by atoms with Crippen LogP contribution in [0.15, 0.2) is 30.5 Å². The van der Waals surface area contributed by atoms with Crippen molar-refractivity contribution < 1.29 is 5.11 Å². The molecule has 3 rings (SSSR count). The number of aliphatic hydroxyl groups is 1. The van der Waals surface area contributed by atoms with Crippen molar-refractivity contribution >= 4 is 0 Å². The van der Waals surface area contributed by atoms with E-state index in [4.69, 9.17) is 0 Å². The van der Waals surface area contributed by atoms with Crippen LogP contribution in [-0.4, -0.2) is 26.2 Å². The number of aryl methyl sites for hydroxylation is 1. The topological polar surface area (TPSA) is 50.9 Å². The Morgan fingerprint density at radius 2 is 1.89 bits per heavy atom. The summed E-state index contributed by atoms with van der Waals surface area (Å²) in [5.41, 5.74) is 3.18. The highest BCUT2D eigenvalue weighted by atomic mass is 16.3. The van der Waals surface area contributed by atoms with E-state index in [0.29, 0.717) is 0 Å². The fraction of sp³-hybridized carbons (Fsp3) is 0.467. The number of benzene rings is 1. The highest BCUT2D eigenvalue weighted by Crippen LogP contribution is 2.29. The van der Waals surface area contributed by atoms with Crippen molar-refractivity contribution in [3.63, 3.8) is 0 Å². The molecule has 1 N–H and O–H groups in total. The average molecular weight is 257 g/mol. The Bertz CT molecular complexity index is 547. The second kappa shape index (κ2) is 5.13. The van der Waals surface area contributed by atoms with Crippen LogP contribution in [0.1, 0.15) is 37.3 Å². The minimum atomic E-state index is -0.290. The maximum atomic E-state index is 10.0. The van der Waals surface area contributed by atoms with Gasteiger partial charge in [0.05, 0.1) is 18.3 Å². The maximum Gasteiger partial charge on any atom is 0.113 e. The largest absolute Gasteiger partial charge is 0.391 e. The highest BCUT2D eigenvalue weighted by Gasteiger charge is 2.25. The van der Waals surface area contributed by atoms with E-state index in [9.17, 15) is 5.11 Å². The molecule has 0 amide bonds. The molecule has 4 nitrogen and oxygen atoms in total. The zero-order valence-corrected chi connectivity index (χ0v) is 11.2. The lowest BCUT2D eigenvalue weighted by atomic mass is 9.93. The van der Waals surface area contributed by atoms with E-state index < -0.39 is 0 Å². The minimum Gasteiger partial charge on any atom is -0.391 e. The van der Waals surface area contributed by atoms with Crippen LogP contribution in [0, 0.1) is 6.92 Å². The third-order valence-corrected chi connectivity index (χ3v) is 3.89. The lowest BCUT2D eigenvalue weighted by Gasteiger charge is -2.27. The molecule has 100 valence electrons. The zero-order chi connectivity index (χ0) is 13.2. The van der Waals surface area contributed by atoms with Crippen molar-refractivity contribution in [2.45, 2.75) is 44.8 Å². The summed E-state index contributed by atoms with van der Waals surface area (Å²) in [4.78, 5) is 0. The molecule has 0 aliphatic heterocycles. The minimum absolute atomic E-state index is 0.0837. The Labute approximate surface area is 113 Å². The Morgan fingerprint density at radius 3 is 2.63 bits per heavy atom. The number of rotatable bonds is 2. The highest BCUT2D eigenvalue weighted by molar-refractivity contribution is 5.57. The summed E-state index contributed by atoms with van der Waals surface area (Å²) in [6.07, 6.45) is 5.77. The quantitative estimate of drug-likeness (QED) is 0.900. The first-order valence-corrected chi connectivity index (χ1v) is 6.91. The molecule has 1 aromatic carbocycles. The van der Waals surface area contributed by atoms with Crippen molar-refractivity contribution in [2.75, 3.05) is 0 Å². The fourth-order valence-corrected chi connectivity index (χ4v) is 2.70. The number of nitrogens with zero attached hydrogens (tertiary/aromatic N) is 3. The number of aromatic nitrogens is 3. The Morgan fingerprint density at radius 1 is 1.16 bits per heavy atom. The molecule has 0 radical (unpaired) electrons. The van der Waals surface area contributed by atoms with Gasteiger partial charge in [0.2, 0.25) is 0 Å². The summed E-state index contributed by atoms with van der Waals surface area (Å²) in [5, 5.41) is 18.5. The smallest absolute Gasteiger partial charge is 0.113 e. The van der Waals surface area contributed by atoms with E-state index >= 15 is 0 Å².